The van der Waals surface area contributed by atoms with Crippen LogP contribution in [-0.2, 0) is 13.5 Å². The van der Waals surface area contributed by atoms with Gasteiger partial charge in [-0.3, -0.25) is 4.68 Å². The Hall–Kier alpha value is -1.35. The molecule has 2 aromatic rings. The highest BCUT2D eigenvalue weighted by atomic mass is 16.3. The Morgan fingerprint density at radius 2 is 2.00 bits per heavy atom. The molecule has 1 aliphatic rings. The van der Waals surface area contributed by atoms with Gasteiger partial charge in [0.05, 0.1) is 16.8 Å². The minimum Gasteiger partial charge on any atom is -0.389 e. The number of rotatable bonds is 2. The van der Waals surface area contributed by atoms with Crippen molar-refractivity contribution in [2.75, 3.05) is 0 Å². The van der Waals surface area contributed by atoms with Crippen LogP contribution in [0.5, 0.6) is 0 Å². The second-order valence-corrected chi connectivity index (χ2v) is 6.53. The van der Waals surface area contributed by atoms with Gasteiger partial charge in [0, 0.05) is 18.9 Å². The summed E-state index contributed by atoms with van der Waals surface area (Å²) in [7, 11) is 1.97. The number of fused-ring (bicyclic) bond motifs is 1. The number of benzene rings is 1. The molecule has 1 aliphatic carbocycles. The van der Waals surface area contributed by atoms with E-state index in [9.17, 15) is 5.11 Å². The SMILES string of the molecule is Cn1nc(CC2(O)CCCC2(C)C)c2ccccc21. The van der Waals surface area contributed by atoms with E-state index in [1.807, 2.05) is 23.9 Å². The lowest BCUT2D eigenvalue weighted by Gasteiger charge is -2.36. The average molecular weight is 258 g/mol. The number of hydrogen-bond donors (Lipinski definition) is 1. The van der Waals surface area contributed by atoms with Crippen molar-refractivity contribution in [2.24, 2.45) is 12.5 Å². The first-order valence-corrected chi connectivity index (χ1v) is 7.06. The monoisotopic (exact) mass is 258 g/mol. The molecule has 3 heteroatoms. The third kappa shape index (κ3) is 1.88. The fourth-order valence-corrected chi connectivity index (χ4v) is 3.42. The zero-order valence-electron chi connectivity index (χ0n) is 12.0. The molecular formula is C16H22N2O. The molecule has 0 aliphatic heterocycles. The van der Waals surface area contributed by atoms with Crippen LogP contribution < -0.4 is 0 Å². The van der Waals surface area contributed by atoms with Crippen LogP contribution in [0.2, 0.25) is 0 Å². The van der Waals surface area contributed by atoms with Gasteiger partial charge in [-0.25, -0.2) is 0 Å². The van der Waals surface area contributed by atoms with Gasteiger partial charge in [0.1, 0.15) is 0 Å². The van der Waals surface area contributed by atoms with E-state index in [1.165, 1.54) is 5.39 Å². The molecule has 19 heavy (non-hydrogen) atoms. The largest absolute Gasteiger partial charge is 0.389 e. The van der Waals surface area contributed by atoms with Gasteiger partial charge in [0.25, 0.3) is 0 Å². The maximum absolute atomic E-state index is 11.0. The van der Waals surface area contributed by atoms with E-state index >= 15 is 0 Å². The summed E-state index contributed by atoms with van der Waals surface area (Å²) in [6.07, 6.45) is 3.73. The Kier molecular flexibility index (Phi) is 2.72. The van der Waals surface area contributed by atoms with E-state index in [4.69, 9.17) is 0 Å². The molecule has 0 saturated heterocycles. The normalized spacial score (nSPS) is 26.1. The summed E-state index contributed by atoms with van der Waals surface area (Å²) in [5, 5.41) is 16.8. The Balaban J connectivity index is 2.02. The second-order valence-electron chi connectivity index (χ2n) is 6.53. The third-order valence-corrected chi connectivity index (χ3v) is 4.95. The quantitative estimate of drug-likeness (QED) is 0.899. The van der Waals surface area contributed by atoms with E-state index < -0.39 is 5.60 Å². The number of aromatic nitrogens is 2. The molecule has 3 nitrogen and oxygen atoms in total. The molecule has 1 atom stereocenters. The van der Waals surface area contributed by atoms with Gasteiger partial charge in [-0.2, -0.15) is 5.10 Å². The van der Waals surface area contributed by atoms with Gasteiger partial charge in [-0.15, -0.1) is 0 Å². The molecule has 1 N–H and O–H groups in total. The Bertz CT molecular complexity index is 614. The van der Waals surface area contributed by atoms with Crippen LogP contribution >= 0.6 is 0 Å². The summed E-state index contributed by atoms with van der Waals surface area (Å²) in [5.41, 5.74) is 1.52. The van der Waals surface area contributed by atoms with Crippen molar-refractivity contribution < 1.29 is 5.11 Å². The van der Waals surface area contributed by atoms with Crippen LogP contribution in [0.15, 0.2) is 24.3 Å². The minimum absolute atomic E-state index is 0.0222. The number of aliphatic hydroxyl groups is 1. The van der Waals surface area contributed by atoms with Crippen molar-refractivity contribution in [3.8, 4) is 0 Å². The maximum Gasteiger partial charge on any atom is 0.0754 e. The highest BCUT2D eigenvalue weighted by Gasteiger charge is 2.47. The highest BCUT2D eigenvalue weighted by Crippen LogP contribution is 2.47. The summed E-state index contributed by atoms with van der Waals surface area (Å²) in [6, 6.07) is 8.25. The zero-order chi connectivity index (χ0) is 13.7. The number of nitrogens with zero attached hydrogens (tertiary/aromatic N) is 2. The highest BCUT2D eigenvalue weighted by molar-refractivity contribution is 5.82. The Morgan fingerprint density at radius 1 is 1.26 bits per heavy atom. The first kappa shape index (κ1) is 12.7. The molecular weight excluding hydrogens is 236 g/mol. The van der Waals surface area contributed by atoms with Gasteiger partial charge in [0.15, 0.2) is 0 Å². The lowest BCUT2D eigenvalue weighted by atomic mass is 9.75. The van der Waals surface area contributed by atoms with Crippen LogP contribution in [0.3, 0.4) is 0 Å². The van der Waals surface area contributed by atoms with Crippen molar-refractivity contribution >= 4 is 10.9 Å². The van der Waals surface area contributed by atoms with Crippen molar-refractivity contribution in [3.63, 3.8) is 0 Å². The zero-order valence-corrected chi connectivity index (χ0v) is 12.0. The predicted octanol–water partition coefficient (Wildman–Crippen LogP) is 3.06. The topological polar surface area (TPSA) is 38.0 Å². The lowest BCUT2D eigenvalue weighted by Crippen LogP contribution is -2.42. The maximum atomic E-state index is 11.0. The van der Waals surface area contributed by atoms with Crippen molar-refractivity contribution in [3.05, 3.63) is 30.0 Å². The minimum atomic E-state index is -0.621. The molecule has 1 saturated carbocycles. The van der Waals surface area contributed by atoms with E-state index in [1.54, 1.807) is 0 Å². The summed E-state index contributed by atoms with van der Waals surface area (Å²) < 4.78 is 1.91. The summed E-state index contributed by atoms with van der Waals surface area (Å²) in [4.78, 5) is 0. The average Bonchev–Trinajstić information content (AvgIpc) is 2.79. The smallest absolute Gasteiger partial charge is 0.0754 e. The lowest BCUT2D eigenvalue weighted by molar-refractivity contribution is -0.0425. The second kappa shape index (κ2) is 4.07. The third-order valence-electron chi connectivity index (χ3n) is 4.95. The van der Waals surface area contributed by atoms with Crippen molar-refractivity contribution in [1.29, 1.82) is 0 Å². The number of hydrogen-bond acceptors (Lipinski definition) is 2. The Morgan fingerprint density at radius 3 is 2.68 bits per heavy atom. The van der Waals surface area contributed by atoms with Crippen LogP contribution in [0, 0.1) is 5.41 Å². The van der Waals surface area contributed by atoms with Crippen molar-refractivity contribution in [1.82, 2.24) is 9.78 Å². The van der Waals surface area contributed by atoms with E-state index in [2.05, 4.69) is 31.1 Å². The van der Waals surface area contributed by atoms with Gasteiger partial charge >= 0.3 is 0 Å². The molecule has 0 spiro atoms. The fraction of sp³-hybridized carbons (Fsp3) is 0.562. The van der Waals surface area contributed by atoms with E-state index in [-0.39, 0.29) is 5.41 Å². The number of para-hydroxylation sites is 1. The molecule has 1 unspecified atom stereocenters. The van der Waals surface area contributed by atoms with Crippen LogP contribution in [0.1, 0.15) is 38.8 Å². The Labute approximate surface area is 114 Å². The van der Waals surface area contributed by atoms with Gasteiger partial charge < -0.3 is 5.11 Å². The molecule has 3 rings (SSSR count). The van der Waals surface area contributed by atoms with Crippen LogP contribution in [0.4, 0.5) is 0 Å². The van der Waals surface area contributed by atoms with Gasteiger partial charge in [-0.1, -0.05) is 32.0 Å². The molecule has 1 heterocycles. The van der Waals surface area contributed by atoms with Crippen molar-refractivity contribution in [2.45, 2.75) is 45.1 Å². The molecule has 0 amide bonds. The standard InChI is InChI=1S/C16H22N2O/c1-15(2)9-6-10-16(15,19)11-13-12-7-4-5-8-14(12)18(3)17-13/h4-5,7-8,19H,6,9-11H2,1-3H3. The van der Waals surface area contributed by atoms with E-state index in [0.717, 1.165) is 30.5 Å². The molecule has 1 fully saturated rings. The summed E-state index contributed by atoms with van der Waals surface area (Å²) in [6.45, 7) is 4.34. The molecule has 0 bridgehead atoms. The first-order chi connectivity index (χ1) is 8.93. The molecule has 1 aromatic heterocycles. The van der Waals surface area contributed by atoms with E-state index in [0.29, 0.717) is 6.42 Å². The van der Waals surface area contributed by atoms with Crippen LogP contribution in [0.25, 0.3) is 10.9 Å². The molecule has 1 aromatic carbocycles. The van der Waals surface area contributed by atoms with Gasteiger partial charge in [-0.05, 0) is 30.7 Å². The summed E-state index contributed by atoms with van der Waals surface area (Å²) in [5.74, 6) is 0. The van der Waals surface area contributed by atoms with Crippen LogP contribution in [-0.4, -0.2) is 20.5 Å². The number of aryl methyl sites for hydroxylation is 1. The van der Waals surface area contributed by atoms with Gasteiger partial charge in [0.2, 0.25) is 0 Å². The molecule has 102 valence electrons. The predicted molar refractivity (Wildman–Crippen MR) is 77.0 cm³/mol. The summed E-state index contributed by atoms with van der Waals surface area (Å²) >= 11 is 0. The fourth-order valence-electron chi connectivity index (χ4n) is 3.42. The molecule has 0 radical (unpaired) electrons. The first-order valence-electron chi connectivity index (χ1n) is 7.06.